The van der Waals surface area contributed by atoms with Crippen LogP contribution < -0.4 is 10.1 Å². The van der Waals surface area contributed by atoms with E-state index >= 15 is 0 Å². The SMILES string of the molecule is CCN1C(=O)c2ccccc2NC1COc1ccc(C(C)C(=O)O)cc1. The lowest BCUT2D eigenvalue weighted by atomic mass is 10.0. The molecule has 136 valence electrons. The number of nitrogens with zero attached hydrogens (tertiary/aromatic N) is 1. The molecule has 6 nitrogen and oxygen atoms in total. The number of para-hydroxylation sites is 1. The first kappa shape index (κ1) is 17.8. The van der Waals surface area contributed by atoms with Crippen LogP contribution in [0.4, 0.5) is 5.69 Å². The van der Waals surface area contributed by atoms with Gasteiger partial charge in [-0.3, -0.25) is 9.59 Å². The van der Waals surface area contributed by atoms with Crippen LogP contribution in [0.15, 0.2) is 48.5 Å². The molecule has 1 aliphatic heterocycles. The molecule has 2 atom stereocenters. The second kappa shape index (κ2) is 7.47. The number of carbonyl (C=O) groups excluding carboxylic acids is 1. The third kappa shape index (κ3) is 3.49. The van der Waals surface area contributed by atoms with Gasteiger partial charge in [0.25, 0.3) is 5.91 Å². The topological polar surface area (TPSA) is 78.9 Å². The van der Waals surface area contributed by atoms with Crippen LogP contribution in [0, 0.1) is 0 Å². The summed E-state index contributed by atoms with van der Waals surface area (Å²) in [6.45, 7) is 4.44. The number of benzene rings is 2. The summed E-state index contributed by atoms with van der Waals surface area (Å²) < 4.78 is 5.83. The Kier molecular flexibility index (Phi) is 5.11. The third-order valence-corrected chi connectivity index (χ3v) is 4.62. The minimum Gasteiger partial charge on any atom is -0.489 e. The van der Waals surface area contributed by atoms with E-state index in [1.165, 1.54) is 0 Å². The minimum absolute atomic E-state index is 0.0129. The largest absolute Gasteiger partial charge is 0.489 e. The van der Waals surface area contributed by atoms with Crippen LogP contribution in [0.5, 0.6) is 5.75 Å². The normalized spacial score (nSPS) is 17.2. The Morgan fingerprint density at radius 1 is 1.23 bits per heavy atom. The quantitative estimate of drug-likeness (QED) is 0.833. The van der Waals surface area contributed by atoms with Gasteiger partial charge in [-0.05, 0) is 43.7 Å². The van der Waals surface area contributed by atoms with Crippen LogP contribution in [0.3, 0.4) is 0 Å². The molecule has 0 bridgehead atoms. The average Bonchev–Trinajstić information content (AvgIpc) is 2.66. The van der Waals surface area contributed by atoms with E-state index in [-0.39, 0.29) is 12.1 Å². The molecule has 1 amide bonds. The summed E-state index contributed by atoms with van der Waals surface area (Å²) in [4.78, 5) is 25.4. The summed E-state index contributed by atoms with van der Waals surface area (Å²) in [6.07, 6.45) is -0.264. The number of ether oxygens (including phenoxy) is 1. The Hall–Kier alpha value is -3.02. The van der Waals surface area contributed by atoms with Gasteiger partial charge in [0, 0.05) is 12.2 Å². The average molecular weight is 354 g/mol. The second-order valence-corrected chi connectivity index (χ2v) is 6.24. The van der Waals surface area contributed by atoms with Gasteiger partial charge in [0.1, 0.15) is 18.5 Å². The van der Waals surface area contributed by atoms with Crippen molar-refractivity contribution < 1.29 is 19.4 Å². The molecular weight excluding hydrogens is 332 g/mol. The number of amides is 1. The second-order valence-electron chi connectivity index (χ2n) is 6.24. The molecule has 6 heteroatoms. The first-order valence-corrected chi connectivity index (χ1v) is 8.63. The van der Waals surface area contributed by atoms with Crippen molar-refractivity contribution in [3.63, 3.8) is 0 Å². The third-order valence-electron chi connectivity index (χ3n) is 4.62. The maximum Gasteiger partial charge on any atom is 0.310 e. The van der Waals surface area contributed by atoms with Gasteiger partial charge < -0.3 is 20.1 Å². The van der Waals surface area contributed by atoms with Gasteiger partial charge in [-0.25, -0.2) is 0 Å². The summed E-state index contributed by atoms with van der Waals surface area (Å²) in [6, 6.07) is 14.4. The van der Waals surface area contributed by atoms with E-state index < -0.39 is 11.9 Å². The molecular formula is C20H22N2O4. The predicted octanol–water partition coefficient (Wildman–Crippen LogP) is 3.17. The summed E-state index contributed by atoms with van der Waals surface area (Å²) in [5.41, 5.74) is 2.19. The summed E-state index contributed by atoms with van der Waals surface area (Å²) in [5.74, 6) is -0.800. The fourth-order valence-electron chi connectivity index (χ4n) is 3.02. The Morgan fingerprint density at radius 2 is 1.92 bits per heavy atom. The van der Waals surface area contributed by atoms with E-state index in [0.29, 0.717) is 24.5 Å². The maximum atomic E-state index is 12.6. The lowest BCUT2D eigenvalue weighted by Crippen LogP contribution is -2.51. The molecule has 2 unspecified atom stereocenters. The number of aliphatic carboxylic acids is 1. The van der Waals surface area contributed by atoms with Crippen LogP contribution in [-0.4, -0.2) is 41.2 Å². The van der Waals surface area contributed by atoms with Crippen molar-refractivity contribution >= 4 is 17.6 Å². The van der Waals surface area contributed by atoms with Gasteiger partial charge in [0.15, 0.2) is 0 Å². The van der Waals surface area contributed by atoms with Crippen LogP contribution in [0.1, 0.15) is 35.7 Å². The number of carboxylic acids is 1. The fourth-order valence-corrected chi connectivity index (χ4v) is 3.02. The molecule has 26 heavy (non-hydrogen) atoms. The molecule has 2 aromatic rings. The van der Waals surface area contributed by atoms with Gasteiger partial charge >= 0.3 is 5.97 Å². The minimum atomic E-state index is -0.860. The van der Waals surface area contributed by atoms with Crippen molar-refractivity contribution in [2.24, 2.45) is 0 Å². The Balaban J connectivity index is 1.69. The zero-order chi connectivity index (χ0) is 18.7. The molecule has 0 saturated carbocycles. The molecule has 2 N–H and O–H groups in total. The molecule has 0 saturated heterocycles. The number of rotatable bonds is 6. The predicted molar refractivity (Wildman–Crippen MR) is 98.6 cm³/mol. The number of likely N-dealkylation sites (N-methyl/N-ethyl adjacent to an activating group) is 1. The summed E-state index contributed by atoms with van der Waals surface area (Å²) >= 11 is 0. The number of anilines is 1. The number of fused-ring (bicyclic) bond motifs is 1. The van der Waals surface area contributed by atoms with Crippen LogP contribution in [0.2, 0.25) is 0 Å². The number of hydrogen-bond acceptors (Lipinski definition) is 4. The van der Waals surface area contributed by atoms with Crippen LogP contribution >= 0.6 is 0 Å². The Bertz CT molecular complexity index is 804. The van der Waals surface area contributed by atoms with Gasteiger partial charge in [0.2, 0.25) is 0 Å². The summed E-state index contributed by atoms with van der Waals surface area (Å²) in [5, 5.41) is 12.4. The molecule has 0 aliphatic carbocycles. The van der Waals surface area contributed by atoms with E-state index in [2.05, 4.69) is 5.32 Å². The fraction of sp³-hybridized carbons (Fsp3) is 0.300. The highest BCUT2D eigenvalue weighted by Crippen LogP contribution is 2.26. The number of carboxylic acid groups (broad SMARTS) is 1. The Morgan fingerprint density at radius 3 is 2.58 bits per heavy atom. The molecule has 0 radical (unpaired) electrons. The highest BCUT2D eigenvalue weighted by Gasteiger charge is 2.30. The monoisotopic (exact) mass is 354 g/mol. The first-order chi connectivity index (χ1) is 12.5. The zero-order valence-electron chi connectivity index (χ0n) is 14.8. The number of nitrogens with one attached hydrogen (secondary N) is 1. The van der Waals surface area contributed by atoms with Crippen molar-refractivity contribution in [2.75, 3.05) is 18.5 Å². The smallest absolute Gasteiger partial charge is 0.310 e. The number of carbonyl (C=O) groups is 2. The van der Waals surface area contributed by atoms with Gasteiger partial charge in [-0.2, -0.15) is 0 Å². The summed E-state index contributed by atoms with van der Waals surface area (Å²) in [7, 11) is 0. The molecule has 0 fully saturated rings. The highest BCUT2D eigenvalue weighted by atomic mass is 16.5. The van der Waals surface area contributed by atoms with Gasteiger partial charge in [-0.15, -0.1) is 0 Å². The standard InChI is InChI=1S/C20H22N2O4/c1-3-22-18(21-17-7-5-4-6-16(17)19(22)23)12-26-15-10-8-14(9-11-15)13(2)20(24)25/h4-11,13,18,21H,3,12H2,1-2H3,(H,24,25). The van der Waals surface area contributed by atoms with Crippen molar-refractivity contribution in [1.82, 2.24) is 4.90 Å². The van der Waals surface area contributed by atoms with E-state index in [4.69, 9.17) is 9.84 Å². The Labute approximate surface area is 152 Å². The maximum absolute atomic E-state index is 12.6. The molecule has 0 aromatic heterocycles. The van der Waals surface area contributed by atoms with Crippen molar-refractivity contribution in [2.45, 2.75) is 25.9 Å². The lowest BCUT2D eigenvalue weighted by molar-refractivity contribution is -0.138. The van der Waals surface area contributed by atoms with Gasteiger partial charge in [0.05, 0.1) is 11.5 Å². The van der Waals surface area contributed by atoms with E-state index in [9.17, 15) is 9.59 Å². The number of hydrogen-bond donors (Lipinski definition) is 2. The molecule has 3 rings (SSSR count). The van der Waals surface area contributed by atoms with E-state index in [0.717, 1.165) is 11.3 Å². The van der Waals surface area contributed by atoms with Crippen molar-refractivity contribution in [3.05, 3.63) is 59.7 Å². The highest BCUT2D eigenvalue weighted by molar-refractivity contribution is 6.01. The van der Waals surface area contributed by atoms with Crippen LogP contribution in [0.25, 0.3) is 0 Å². The molecule has 1 heterocycles. The molecule has 2 aromatic carbocycles. The van der Waals surface area contributed by atoms with E-state index in [1.54, 1.807) is 36.1 Å². The van der Waals surface area contributed by atoms with Crippen molar-refractivity contribution in [1.29, 1.82) is 0 Å². The van der Waals surface area contributed by atoms with Gasteiger partial charge in [-0.1, -0.05) is 24.3 Å². The lowest BCUT2D eigenvalue weighted by Gasteiger charge is -2.37. The first-order valence-electron chi connectivity index (χ1n) is 8.63. The zero-order valence-corrected chi connectivity index (χ0v) is 14.8. The van der Waals surface area contributed by atoms with E-state index in [1.807, 2.05) is 31.2 Å². The molecule has 0 spiro atoms. The molecule has 1 aliphatic rings. The van der Waals surface area contributed by atoms with Crippen molar-refractivity contribution in [3.8, 4) is 5.75 Å². The van der Waals surface area contributed by atoms with Crippen LogP contribution in [-0.2, 0) is 4.79 Å².